The Morgan fingerprint density at radius 2 is 1.83 bits per heavy atom. The van der Waals surface area contributed by atoms with Crippen molar-refractivity contribution >= 4 is 11.0 Å². The molecule has 2 aromatic heterocycles. The largest absolute Gasteiger partial charge is 0.419 e. The van der Waals surface area contributed by atoms with Gasteiger partial charge in [-0.25, -0.2) is 18.4 Å². The van der Waals surface area contributed by atoms with Crippen LogP contribution in [0.1, 0.15) is 56.4 Å². The molecule has 10 heteroatoms. The number of fused-ring (bicyclic) bond motifs is 1. The Balaban J connectivity index is 0.00000155. The van der Waals surface area contributed by atoms with E-state index in [9.17, 15) is 26.7 Å². The van der Waals surface area contributed by atoms with E-state index < -0.39 is 35.8 Å². The second-order valence-corrected chi connectivity index (χ2v) is 6.80. The zero-order valence-corrected chi connectivity index (χ0v) is 17.2. The topological polar surface area (TPSA) is 63.6 Å². The number of hydrogen-bond acceptors (Lipinski definition) is 3. The highest BCUT2D eigenvalue weighted by Crippen LogP contribution is 2.35. The maximum Gasteiger partial charge on any atom is 0.419 e. The van der Waals surface area contributed by atoms with Crippen molar-refractivity contribution in [1.82, 2.24) is 19.7 Å². The van der Waals surface area contributed by atoms with Gasteiger partial charge < -0.3 is 4.98 Å². The van der Waals surface area contributed by atoms with E-state index in [0.29, 0.717) is 6.07 Å². The fraction of sp³-hybridized carbons (Fsp3) is 0.450. The highest BCUT2D eigenvalue weighted by Gasteiger charge is 2.35. The molecule has 0 saturated heterocycles. The number of aromatic nitrogens is 4. The minimum absolute atomic E-state index is 0.0360. The highest BCUT2D eigenvalue weighted by molar-refractivity contribution is 5.77. The number of benzene rings is 1. The zero-order chi connectivity index (χ0) is 22.8. The van der Waals surface area contributed by atoms with Crippen molar-refractivity contribution < 1.29 is 22.0 Å². The molecule has 164 valence electrons. The number of hydrogen-bond donors (Lipinski definition) is 1. The van der Waals surface area contributed by atoms with Crippen molar-refractivity contribution in [1.29, 1.82) is 0 Å². The SMILES string of the molecule is CC.Cc1nc2c(c(CF)nn2C(c2ccc(C(F)(F)F)c(F)c2)C(C)C)c(=O)[nH]1. The van der Waals surface area contributed by atoms with E-state index in [1.165, 1.54) is 11.6 Å². The molecule has 0 aliphatic carbocycles. The van der Waals surface area contributed by atoms with E-state index in [0.717, 1.165) is 12.1 Å². The van der Waals surface area contributed by atoms with Crippen LogP contribution in [0, 0.1) is 18.7 Å². The maximum absolute atomic E-state index is 14.1. The maximum atomic E-state index is 14.1. The molecule has 30 heavy (non-hydrogen) atoms. The molecule has 0 aliphatic rings. The lowest BCUT2D eigenvalue weighted by Crippen LogP contribution is -2.20. The summed E-state index contributed by atoms with van der Waals surface area (Å²) >= 11 is 0. The van der Waals surface area contributed by atoms with Gasteiger partial charge in [0, 0.05) is 0 Å². The van der Waals surface area contributed by atoms with Crippen LogP contribution < -0.4 is 5.56 Å². The van der Waals surface area contributed by atoms with Gasteiger partial charge >= 0.3 is 6.18 Å². The molecule has 0 bridgehead atoms. The second kappa shape index (κ2) is 8.93. The van der Waals surface area contributed by atoms with Crippen molar-refractivity contribution in [3.63, 3.8) is 0 Å². The first-order chi connectivity index (χ1) is 14.0. The summed E-state index contributed by atoms with van der Waals surface area (Å²) in [5, 5.41) is 4.09. The van der Waals surface area contributed by atoms with Crippen molar-refractivity contribution in [2.75, 3.05) is 0 Å². The average molecular weight is 430 g/mol. The van der Waals surface area contributed by atoms with Crippen LogP contribution in [0.2, 0.25) is 0 Å². The normalized spacial score (nSPS) is 12.8. The van der Waals surface area contributed by atoms with Crippen LogP contribution >= 0.6 is 0 Å². The molecule has 1 unspecified atom stereocenters. The Hall–Kier alpha value is -2.78. The fourth-order valence-electron chi connectivity index (χ4n) is 3.27. The summed E-state index contributed by atoms with van der Waals surface area (Å²) in [5.41, 5.74) is -1.79. The first-order valence-corrected chi connectivity index (χ1v) is 9.45. The minimum Gasteiger partial charge on any atom is -0.310 e. The molecule has 1 aromatic carbocycles. The number of nitrogens with zero attached hydrogens (tertiary/aromatic N) is 3. The highest BCUT2D eigenvalue weighted by atomic mass is 19.4. The standard InChI is InChI=1S/C18H17F5N4O.C2H6/c1-8(2)15(10-4-5-11(12(20)6-10)18(21,22)23)27-16-14(13(7-19)26-27)17(28)25-9(3)24-16;1-2/h4-6,8,15H,7H2,1-3H3,(H,24,25,28);1-2H3. The third kappa shape index (κ3) is 4.36. The number of rotatable bonds is 4. The van der Waals surface area contributed by atoms with Crippen molar-refractivity contribution in [2.45, 2.75) is 53.5 Å². The van der Waals surface area contributed by atoms with Crippen LogP contribution in [0.5, 0.6) is 0 Å². The first kappa shape index (κ1) is 23.5. The summed E-state index contributed by atoms with van der Waals surface area (Å²) in [7, 11) is 0. The lowest BCUT2D eigenvalue weighted by Gasteiger charge is -2.23. The molecule has 5 nitrogen and oxygen atoms in total. The molecule has 0 saturated carbocycles. The van der Waals surface area contributed by atoms with E-state index in [4.69, 9.17) is 0 Å². The molecule has 3 aromatic rings. The van der Waals surface area contributed by atoms with Gasteiger partial charge in [0.1, 0.15) is 29.4 Å². The molecule has 2 heterocycles. The molecule has 3 rings (SSSR count). The zero-order valence-electron chi connectivity index (χ0n) is 17.2. The Morgan fingerprint density at radius 3 is 2.33 bits per heavy atom. The Labute approximate surface area is 169 Å². The van der Waals surface area contributed by atoms with E-state index in [1.807, 2.05) is 13.8 Å². The van der Waals surface area contributed by atoms with Gasteiger partial charge in [-0.15, -0.1) is 0 Å². The molecular formula is C20H23F5N4O. The number of alkyl halides is 4. The Bertz CT molecular complexity index is 1090. The van der Waals surface area contributed by atoms with E-state index in [-0.39, 0.29) is 34.0 Å². The predicted octanol–water partition coefficient (Wildman–Crippen LogP) is 5.33. The van der Waals surface area contributed by atoms with E-state index in [1.54, 1.807) is 13.8 Å². The summed E-state index contributed by atoms with van der Waals surface area (Å²) in [5.74, 6) is -1.42. The van der Waals surface area contributed by atoms with Gasteiger partial charge in [-0.05, 0) is 30.5 Å². The van der Waals surface area contributed by atoms with Gasteiger partial charge in [0.2, 0.25) is 0 Å². The smallest absolute Gasteiger partial charge is 0.310 e. The van der Waals surface area contributed by atoms with Crippen LogP contribution in [-0.4, -0.2) is 19.7 Å². The van der Waals surface area contributed by atoms with Crippen LogP contribution in [0.3, 0.4) is 0 Å². The number of aromatic amines is 1. The molecule has 0 amide bonds. The van der Waals surface area contributed by atoms with Crippen LogP contribution in [-0.2, 0) is 12.9 Å². The summed E-state index contributed by atoms with van der Waals surface area (Å²) in [6, 6.07) is 1.84. The first-order valence-electron chi connectivity index (χ1n) is 9.45. The number of aryl methyl sites for hydroxylation is 1. The fourth-order valence-corrected chi connectivity index (χ4v) is 3.27. The lowest BCUT2D eigenvalue weighted by atomic mass is 9.95. The average Bonchev–Trinajstić information content (AvgIpc) is 3.01. The molecule has 1 atom stereocenters. The summed E-state index contributed by atoms with van der Waals surface area (Å²) in [4.78, 5) is 18.9. The minimum atomic E-state index is -4.82. The van der Waals surface area contributed by atoms with Gasteiger partial charge in [0.25, 0.3) is 5.56 Å². The van der Waals surface area contributed by atoms with Crippen LogP contribution in [0.25, 0.3) is 11.0 Å². The number of H-pyrrole nitrogens is 1. The summed E-state index contributed by atoms with van der Waals surface area (Å²) < 4.78 is 67.4. The van der Waals surface area contributed by atoms with Crippen molar-refractivity contribution in [3.8, 4) is 0 Å². The van der Waals surface area contributed by atoms with Gasteiger partial charge in [-0.1, -0.05) is 33.8 Å². The van der Waals surface area contributed by atoms with Crippen molar-refractivity contribution in [2.24, 2.45) is 5.92 Å². The third-order valence-electron chi connectivity index (χ3n) is 4.41. The second-order valence-electron chi connectivity index (χ2n) is 6.80. The van der Waals surface area contributed by atoms with Gasteiger partial charge in [0.05, 0.1) is 11.6 Å². The quantitative estimate of drug-likeness (QED) is 0.570. The van der Waals surface area contributed by atoms with Gasteiger partial charge in [-0.2, -0.15) is 18.3 Å². The molecule has 0 radical (unpaired) electrons. The van der Waals surface area contributed by atoms with Crippen LogP contribution in [0.4, 0.5) is 22.0 Å². The van der Waals surface area contributed by atoms with Crippen molar-refractivity contribution in [3.05, 3.63) is 57.0 Å². The monoisotopic (exact) mass is 430 g/mol. The molecular weight excluding hydrogens is 407 g/mol. The number of halogens is 5. The lowest BCUT2D eigenvalue weighted by molar-refractivity contribution is -0.140. The Morgan fingerprint density at radius 1 is 1.20 bits per heavy atom. The van der Waals surface area contributed by atoms with E-state index >= 15 is 0 Å². The molecule has 0 spiro atoms. The number of nitrogens with one attached hydrogen (secondary N) is 1. The predicted molar refractivity (Wildman–Crippen MR) is 103 cm³/mol. The van der Waals surface area contributed by atoms with Crippen LogP contribution in [0.15, 0.2) is 23.0 Å². The third-order valence-corrected chi connectivity index (χ3v) is 4.41. The summed E-state index contributed by atoms with van der Waals surface area (Å²) in [6.07, 6.45) is -4.82. The molecule has 0 fully saturated rings. The molecule has 1 N–H and O–H groups in total. The van der Waals surface area contributed by atoms with E-state index in [2.05, 4.69) is 15.1 Å². The molecule has 0 aliphatic heterocycles. The summed E-state index contributed by atoms with van der Waals surface area (Å²) in [6.45, 7) is 8.02. The Kier molecular flexibility index (Phi) is 6.99. The van der Waals surface area contributed by atoms with Gasteiger partial charge in [0.15, 0.2) is 5.65 Å². The van der Waals surface area contributed by atoms with Gasteiger partial charge in [-0.3, -0.25) is 4.79 Å².